The van der Waals surface area contributed by atoms with E-state index >= 15 is 0 Å². The number of anilines is 2. The molecule has 1 atom stereocenters. The van der Waals surface area contributed by atoms with Crippen LogP contribution in [-0.2, 0) is 17.1 Å². The molecule has 0 aliphatic carbocycles. The van der Waals surface area contributed by atoms with Crippen LogP contribution >= 0.6 is 0 Å². The first-order chi connectivity index (χ1) is 18.3. The van der Waals surface area contributed by atoms with Crippen molar-refractivity contribution >= 4 is 21.7 Å². The summed E-state index contributed by atoms with van der Waals surface area (Å²) in [6.45, 7) is 1.78. The van der Waals surface area contributed by atoms with Crippen molar-refractivity contribution in [2.45, 2.75) is 23.9 Å². The van der Waals surface area contributed by atoms with Gasteiger partial charge in [-0.15, -0.1) is 0 Å². The van der Waals surface area contributed by atoms with Gasteiger partial charge in [-0.3, -0.25) is 4.72 Å². The van der Waals surface area contributed by atoms with Crippen molar-refractivity contribution in [3.63, 3.8) is 0 Å². The lowest BCUT2D eigenvalue weighted by Gasteiger charge is -2.23. The summed E-state index contributed by atoms with van der Waals surface area (Å²) >= 11 is 0. The third-order valence-corrected chi connectivity index (χ3v) is 7.04. The molecular formula is C24H24F2N8O3S. The number of hydrogen-bond acceptors (Lipinski definition) is 9. The van der Waals surface area contributed by atoms with Gasteiger partial charge in [0.25, 0.3) is 10.0 Å². The van der Waals surface area contributed by atoms with Gasteiger partial charge in [-0.2, -0.15) is 12.8 Å². The average molecular weight is 543 g/mol. The molecule has 198 valence electrons. The number of halogens is 2. The van der Waals surface area contributed by atoms with E-state index in [0.29, 0.717) is 17.2 Å². The molecule has 1 fully saturated rings. The largest absolute Gasteiger partial charge is 0.435 e. The molecule has 11 nitrogen and oxygen atoms in total. The van der Waals surface area contributed by atoms with Gasteiger partial charge in [-0.05, 0) is 49.7 Å². The summed E-state index contributed by atoms with van der Waals surface area (Å²) in [5, 5.41) is 6.28. The number of aromatic nitrogens is 5. The first-order valence-corrected chi connectivity index (χ1v) is 13.2. The number of sulfonamides is 1. The van der Waals surface area contributed by atoms with Crippen molar-refractivity contribution in [2.75, 3.05) is 23.1 Å². The minimum atomic E-state index is -4.23. The van der Waals surface area contributed by atoms with E-state index in [0.717, 1.165) is 38.1 Å². The fraction of sp³-hybridized carbons (Fsp3) is 0.250. The van der Waals surface area contributed by atoms with E-state index in [4.69, 9.17) is 4.74 Å². The van der Waals surface area contributed by atoms with Gasteiger partial charge in [-0.25, -0.2) is 24.3 Å². The summed E-state index contributed by atoms with van der Waals surface area (Å²) < 4.78 is 63.8. The van der Waals surface area contributed by atoms with Gasteiger partial charge in [0.15, 0.2) is 16.6 Å². The molecule has 1 unspecified atom stereocenters. The first kappa shape index (κ1) is 25.5. The van der Waals surface area contributed by atoms with Crippen LogP contribution < -0.4 is 20.1 Å². The van der Waals surface area contributed by atoms with Gasteiger partial charge < -0.3 is 19.9 Å². The Morgan fingerprint density at radius 3 is 2.74 bits per heavy atom. The van der Waals surface area contributed by atoms with Crippen molar-refractivity contribution in [3.8, 4) is 22.9 Å². The number of aryl methyl sites for hydroxylation is 1. The summed E-state index contributed by atoms with van der Waals surface area (Å²) in [7, 11) is -2.65. The molecule has 38 heavy (non-hydrogen) atoms. The van der Waals surface area contributed by atoms with Gasteiger partial charge >= 0.3 is 0 Å². The summed E-state index contributed by atoms with van der Waals surface area (Å²) in [5.41, 5.74) is 0.305. The second-order valence-corrected chi connectivity index (χ2v) is 10.3. The number of benzene rings is 1. The van der Waals surface area contributed by atoms with Crippen LogP contribution in [0.4, 0.5) is 20.4 Å². The molecule has 0 amide bonds. The molecule has 1 saturated heterocycles. The van der Waals surface area contributed by atoms with Crippen LogP contribution in [0.1, 0.15) is 12.8 Å². The summed E-state index contributed by atoms with van der Waals surface area (Å²) in [6, 6.07) is 7.35. The van der Waals surface area contributed by atoms with Crippen LogP contribution in [0.2, 0.25) is 0 Å². The third kappa shape index (κ3) is 5.55. The summed E-state index contributed by atoms with van der Waals surface area (Å²) in [6.07, 6.45) is 7.56. The monoisotopic (exact) mass is 542 g/mol. The predicted octanol–water partition coefficient (Wildman–Crippen LogP) is 3.31. The number of ether oxygens (including phenoxy) is 1. The SMILES string of the molecule is Cn1cnc(S(=O)(=O)Nc2ccc(Oc3ncccc3-c3ccnc(NC4CCCNC4)n3)c(F)c2F)c1. The molecule has 1 aliphatic rings. The maximum atomic E-state index is 15.0. The lowest BCUT2D eigenvalue weighted by atomic mass is 10.1. The molecule has 14 heteroatoms. The summed E-state index contributed by atoms with van der Waals surface area (Å²) in [4.78, 5) is 16.7. The fourth-order valence-corrected chi connectivity index (χ4v) is 4.96. The number of nitrogens with zero attached hydrogens (tertiary/aromatic N) is 5. The summed E-state index contributed by atoms with van der Waals surface area (Å²) in [5.74, 6) is -2.90. The highest BCUT2D eigenvalue weighted by Gasteiger charge is 2.23. The van der Waals surface area contributed by atoms with E-state index in [1.807, 2.05) is 4.72 Å². The second kappa shape index (κ2) is 10.7. The highest BCUT2D eigenvalue weighted by molar-refractivity contribution is 7.92. The molecule has 1 aliphatic heterocycles. The smallest absolute Gasteiger partial charge is 0.281 e. The van der Waals surface area contributed by atoms with E-state index in [1.165, 1.54) is 23.3 Å². The van der Waals surface area contributed by atoms with Crippen molar-refractivity contribution < 1.29 is 21.9 Å². The fourth-order valence-electron chi connectivity index (χ4n) is 3.92. The quantitative estimate of drug-likeness (QED) is 0.306. The van der Waals surface area contributed by atoms with E-state index in [1.54, 1.807) is 31.4 Å². The first-order valence-electron chi connectivity index (χ1n) is 11.7. The van der Waals surface area contributed by atoms with E-state index in [-0.39, 0.29) is 16.9 Å². The predicted molar refractivity (Wildman–Crippen MR) is 135 cm³/mol. The minimum Gasteiger partial charge on any atom is -0.435 e. The van der Waals surface area contributed by atoms with Crippen molar-refractivity contribution in [1.82, 2.24) is 29.8 Å². The molecular weight excluding hydrogens is 518 g/mol. The zero-order valence-electron chi connectivity index (χ0n) is 20.2. The van der Waals surface area contributed by atoms with Gasteiger partial charge in [0.05, 0.1) is 23.3 Å². The van der Waals surface area contributed by atoms with Crippen LogP contribution in [-0.4, -0.2) is 52.1 Å². The lowest BCUT2D eigenvalue weighted by Crippen LogP contribution is -2.38. The molecule has 1 aromatic carbocycles. The van der Waals surface area contributed by atoms with E-state index in [2.05, 4.69) is 30.6 Å². The van der Waals surface area contributed by atoms with Crippen LogP contribution in [0.5, 0.6) is 11.6 Å². The molecule has 4 heterocycles. The Morgan fingerprint density at radius 1 is 1.11 bits per heavy atom. The molecule has 0 radical (unpaired) electrons. The van der Waals surface area contributed by atoms with Gasteiger partial charge in [0, 0.05) is 38.2 Å². The normalized spacial score (nSPS) is 15.7. The zero-order valence-corrected chi connectivity index (χ0v) is 21.0. The van der Waals surface area contributed by atoms with Crippen molar-refractivity contribution in [3.05, 3.63) is 66.9 Å². The number of pyridine rings is 1. The van der Waals surface area contributed by atoms with Crippen molar-refractivity contribution in [1.29, 1.82) is 0 Å². The molecule has 0 spiro atoms. The number of rotatable bonds is 8. The van der Waals surface area contributed by atoms with Gasteiger partial charge in [0.1, 0.15) is 0 Å². The Morgan fingerprint density at radius 2 is 1.97 bits per heavy atom. The molecule has 0 bridgehead atoms. The number of nitrogens with one attached hydrogen (secondary N) is 3. The Bertz CT molecular complexity index is 1560. The standard InChI is InChI=1S/C24H24F2N8O3S/c1-34-13-20(30-14-34)38(35,36)33-18-6-7-19(22(26)21(18)25)37-23-16(5-3-10-28-23)17-8-11-29-24(32-17)31-15-4-2-9-27-12-15/h3,5-8,10-11,13-15,27,33H,2,4,9,12H2,1H3,(H,29,31,32). The van der Waals surface area contributed by atoms with Crippen LogP contribution in [0.15, 0.2) is 60.3 Å². The minimum absolute atomic E-state index is 0.0170. The lowest BCUT2D eigenvalue weighted by molar-refractivity contribution is 0.407. The molecule has 3 N–H and O–H groups in total. The highest BCUT2D eigenvalue weighted by atomic mass is 32.2. The zero-order chi connectivity index (χ0) is 26.7. The Kier molecular flexibility index (Phi) is 7.15. The Balaban J connectivity index is 1.38. The van der Waals surface area contributed by atoms with Crippen LogP contribution in [0, 0.1) is 11.6 Å². The van der Waals surface area contributed by atoms with E-state index in [9.17, 15) is 17.2 Å². The molecule has 0 saturated carbocycles. The van der Waals surface area contributed by atoms with Crippen molar-refractivity contribution in [2.24, 2.45) is 7.05 Å². The van der Waals surface area contributed by atoms with Crippen LogP contribution in [0.3, 0.4) is 0 Å². The number of imidazole rings is 1. The van der Waals surface area contributed by atoms with Gasteiger partial charge in [-0.1, -0.05) is 0 Å². The Labute approximate surface area is 217 Å². The maximum Gasteiger partial charge on any atom is 0.281 e. The van der Waals surface area contributed by atoms with Crippen LogP contribution in [0.25, 0.3) is 11.3 Å². The highest BCUT2D eigenvalue weighted by Crippen LogP contribution is 2.34. The number of hydrogen-bond donors (Lipinski definition) is 3. The van der Waals surface area contributed by atoms with E-state index < -0.39 is 33.1 Å². The topological polar surface area (TPSA) is 136 Å². The molecule has 4 aromatic rings. The third-order valence-electron chi connectivity index (χ3n) is 5.79. The van der Waals surface area contributed by atoms with Gasteiger partial charge in [0.2, 0.25) is 17.6 Å². The maximum absolute atomic E-state index is 15.0. The Hall–Kier alpha value is -4.17. The average Bonchev–Trinajstić information content (AvgIpc) is 3.37. The molecule has 3 aromatic heterocycles. The second-order valence-electron chi connectivity index (χ2n) is 8.63. The molecule has 5 rings (SSSR count). The number of piperidine rings is 1.